The number of nitrogens with zero attached hydrogens (tertiary/aromatic N) is 1. The smallest absolute Gasteiger partial charge is 0.335 e. The average molecular weight is 584 g/mol. The molecule has 39 heavy (non-hydrogen) atoms. The topological polar surface area (TPSA) is 113 Å². The van der Waals surface area contributed by atoms with Crippen LogP contribution in [0.4, 0.5) is 0 Å². The molecule has 0 spiro atoms. The molecule has 0 aromatic heterocycles. The number of carbonyl (C=O) groups excluding carboxylic acids is 1. The van der Waals surface area contributed by atoms with E-state index in [-0.39, 0.29) is 41.1 Å². The van der Waals surface area contributed by atoms with E-state index in [0.717, 1.165) is 5.56 Å². The van der Waals surface area contributed by atoms with Gasteiger partial charge in [0.25, 0.3) is 0 Å². The van der Waals surface area contributed by atoms with E-state index in [0.29, 0.717) is 38.4 Å². The molecule has 3 aromatic rings. The van der Waals surface area contributed by atoms with E-state index in [1.807, 2.05) is 0 Å². The molecule has 0 saturated heterocycles. The SMILES string of the molecule is CC(C)C(=O)C(COc1ccc(C2CC2(C#N)c2cccc(C(=O)O)c2)c(Cl)c1)=C(N)c1c(Cl)cccc1Cl. The number of carbonyl (C=O) groups is 2. The van der Waals surface area contributed by atoms with Crippen molar-refractivity contribution in [1.29, 1.82) is 5.26 Å². The maximum atomic E-state index is 13.0. The van der Waals surface area contributed by atoms with Crippen LogP contribution in [0.3, 0.4) is 0 Å². The van der Waals surface area contributed by atoms with Crippen LogP contribution >= 0.6 is 34.8 Å². The highest BCUT2D eigenvalue weighted by Crippen LogP contribution is 2.61. The molecular weight excluding hydrogens is 559 g/mol. The highest BCUT2D eigenvalue weighted by molar-refractivity contribution is 6.37. The lowest BCUT2D eigenvalue weighted by molar-refractivity contribution is -0.118. The fraction of sp³-hybridized carbons (Fsp3) is 0.233. The molecule has 1 saturated carbocycles. The van der Waals surface area contributed by atoms with Gasteiger partial charge in [-0.25, -0.2) is 4.79 Å². The average Bonchev–Trinajstić information content (AvgIpc) is 3.64. The van der Waals surface area contributed by atoms with Crippen LogP contribution < -0.4 is 10.5 Å². The van der Waals surface area contributed by atoms with Crippen LogP contribution in [0.25, 0.3) is 5.70 Å². The second kappa shape index (κ2) is 11.3. The van der Waals surface area contributed by atoms with Crippen molar-refractivity contribution in [2.75, 3.05) is 6.61 Å². The Kier molecular flexibility index (Phi) is 8.27. The maximum absolute atomic E-state index is 13.0. The molecule has 9 heteroatoms. The predicted molar refractivity (Wildman–Crippen MR) is 152 cm³/mol. The number of nitriles is 1. The van der Waals surface area contributed by atoms with Crippen LogP contribution in [-0.2, 0) is 10.2 Å². The van der Waals surface area contributed by atoms with Gasteiger partial charge in [0.15, 0.2) is 5.78 Å². The molecule has 6 nitrogen and oxygen atoms in total. The van der Waals surface area contributed by atoms with E-state index in [4.69, 9.17) is 45.3 Å². The molecule has 0 radical (unpaired) electrons. The van der Waals surface area contributed by atoms with Gasteiger partial charge in [-0.1, -0.05) is 72.9 Å². The number of carboxylic acid groups (broad SMARTS) is 1. The van der Waals surface area contributed by atoms with Gasteiger partial charge >= 0.3 is 5.97 Å². The zero-order valence-corrected chi connectivity index (χ0v) is 23.4. The van der Waals surface area contributed by atoms with Crippen LogP contribution in [0, 0.1) is 17.2 Å². The molecule has 2 unspecified atom stereocenters. The minimum absolute atomic E-state index is 0.125. The molecule has 1 aliphatic rings. The largest absolute Gasteiger partial charge is 0.489 e. The summed E-state index contributed by atoms with van der Waals surface area (Å²) in [5, 5.41) is 20.4. The highest BCUT2D eigenvalue weighted by Gasteiger charge is 2.57. The third kappa shape index (κ3) is 5.62. The summed E-state index contributed by atoms with van der Waals surface area (Å²) >= 11 is 19.3. The molecule has 2 atom stereocenters. The number of hydrogen-bond acceptors (Lipinski definition) is 5. The Balaban J connectivity index is 1.59. The number of nitrogens with two attached hydrogens (primary N) is 1. The number of aromatic carboxylic acids is 1. The molecule has 1 fully saturated rings. The predicted octanol–water partition coefficient (Wildman–Crippen LogP) is 7.27. The Morgan fingerprint density at radius 2 is 1.74 bits per heavy atom. The van der Waals surface area contributed by atoms with Crippen molar-refractivity contribution in [3.8, 4) is 11.8 Å². The number of ketones is 1. The molecule has 200 valence electrons. The Bertz CT molecular complexity index is 1520. The van der Waals surface area contributed by atoms with Crippen molar-refractivity contribution in [2.45, 2.75) is 31.6 Å². The Hall–Kier alpha value is -3.50. The molecule has 0 bridgehead atoms. The summed E-state index contributed by atoms with van der Waals surface area (Å²) in [7, 11) is 0. The first-order valence-electron chi connectivity index (χ1n) is 12.1. The van der Waals surface area contributed by atoms with Gasteiger partial charge in [0.2, 0.25) is 0 Å². The molecule has 3 aromatic carbocycles. The standard InChI is InChI=1S/C30H25Cl3N2O4/c1-16(2)28(36)21(27(35)26-23(31)7-4-8-24(26)32)14-39-19-9-10-20(25(33)12-19)22-13-30(22,15-34)18-6-3-5-17(11-18)29(37)38/h3-12,16,22H,13-14,35H2,1-2H3,(H,37,38). The molecule has 0 aliphatic heterocycles. The molecule has 0 heterocycles. The van der Waals surface area contributed by atoms with Crippen LogP contribution in [0.2, 0.25) is 15.1 Å². The van der Waals surface area contributed by atoms with Crippen molar-refractivity contribution in [3.63, 3.8) is 0 Å². The summed E-state index contributed by atoms with van der Waals surface area (Å²) in [4.78, 5) is 24.4. The van der Waals surface area contributed by atoms with Gasteiger partial charge in [-0.05, 0) is 53.9 Å². The van der Waals surface area contributed by atoms with E-state index >= 15 is 0 Å². The van der Waals surface area contributed by atoms with Crippen molar-refractivity contribution >= 4 is 52.3 Å². The van der Waals surface area contributed by atoms with Crippen LogP contribution in [0.1, 0.15) is 53.2 Å². The fourth-order valence-corrected chi connectivity index (χ4v) is 5.55. The van der Waals surface area contributed by atoms with E-state index in [2.05, 4.69) is 6.07 Å². The first kappa shape index (κ1) is 28.5. The van der Waals surface area contributed by atoms with Gasteiger partial charge in [0.1, 0.15) is 12.4 Å². The number of ether oxygens (including phenoxy) is 1. The quantitative estimate of drug-likeness (QED) is 0.256. The summed E-state index contributed by atoms with van der Waals surface area (Å²) in [6.45, 7) is 3.39. The normalized spacial score (nSPS) is 18.7. The zero-order valence-electron chi connectivity index (χ0n) is 21.2. The minimum atomic E-state index is -1.05. The Morgan fingerprint density at radius 3 is 2.33 bits per heavy atom. The molecule has 4 rings (SSSR count). The maximum Gasteiger partial charge on any atom is 0.335 e. The van der Waals surface area contributed by atoms with Gasteiger partial charge in [0.05, 0.1) is 38.4 Å². The summed E-state index contributed by atoms with van der Waals surface area (Å²) in [5.41, 5.74) is 7.81. The summed E-state index contributed by atoms with van der Waals surface area (Å²) < 4.78 is 5.94. The molecule has 0 amide bonds. The molecule has 1 aliphatic carbocycles. The van der Waals surface area contributed by atoms with E-state index in [9.17, 15) is 20.0 Å². The lowest BCUT2D eigenvalue weighted by atomic mass is 9.91. The Labute approximate surface area is 241 Å². The van der Waals surface area contributed by atoms with Gasteiger partial charge in [0, 0.05) is 22.4 Å². The first-order valence-corrected chi connectivity index (χ1v) is 13.3. The van der Waals surface area contributed by atoms with Gasteiger partial charge in [-0.15, -0.1) is 0 Å². The van der Waals surface area contributed by atoms with Crippen LogP contribution in [0.15, 0.2) is 66.2 Å². The Morgan fingerprint density at radius 1 is 1.08 bits per heavy atom. The van der Waals surface area contributed by atoms with Crippen LogP contribution in [-0.4, -0.2) is 23.5 Å². The van der Waals surface area contributed by atoms with Crippen molar-refractivity contribution in [3.05, 3.63) is 104 Å². The summed E-state index contributed by atoms with van der Waals surface area (Å²) in [6.07, 6.45) is 0.511. The number of benzene rings is 3. The van der Waals surface area contributed by atoms with E-state index in [1.165, 1.54) is 12.1 Å². The number of halogens is 3. The number of hydrogen-bond donors (Lipinski definition) is 2. The van der Waals surface area contributed by atoms with Gasteiger partial charge < -0.3 is 15.6 Å². The molecule has 3 N–H and O–H groups in total. The second-order valence-corrected chi connectivity index (χ2v) is 10.9. The zero-order chi connectivity index (χ0) is 28.5. The number of Topliss-reactive ketones (excluding diaryl/α,β-unsaturated/α-hetero) is 1. The van der Waals surface area contributed by atoms with Crippen LogP contribution in [0.5, 0.6) is 5.75 Å². The third-order valence-electron chi connectivity index (χ3n) is 6.89. The van der Waals surface area contributed by atoms with E-state index in [1.54, 1.807) is 62.4 Å². The van der Waals surface area contributed by atoms with Crippen molar-refractivity contribution in [2.24, 2.45) is 11.7 Å². The van der Waals surface area contributed by atoms with Crippen molar-refractivity contribution < 1.29 is 19.4 Å². The third-order valence-corrected chi connectivity index (χ3v) is 7.85. The monoisotopic (exact) mass is 582 g/mol. The highest BCUT2D eigenvalue weighted by atomic mass is 35.5. The number of carboxylic acids is 1. The summed E-state index contributed by atoms with van der Waals surface area (Å²) in [6, 6.07) is 18.9. The second-order valence-electron chi connectivity index (χ2n) is 9.71. The molecular formula is C30H25Cl3N2O4. The first-order chi connectivity index (χ1) is 18.5. The van der Waals surface area contributed by atoms with Gasteiger partial charge in [-0.2, -0.15) is 5.26 Å². The fourth-order valence-electron chi connectivity index (χ4n) is 4.65. The number of rotatable bonds is 9. The lowest BCUT2D eigenvalue weighted by Gasteiger charge is -2.17. The minimum Gasteiger partial charge on any atom is -0.489 e. The van der Waals surface area contributed by atoms with Crippen molar-refractivity contribution in [1.82, 2.24) is 0 Å². The van der Waals surface area contributed by atoms with E-state index < -0.39 is 11.4 Å². The lowest BCUT2D eigenvalue weighted by Crippen LogP contribution is -2.21. The summed E-state index contributed by atoms with van der Waals surface area (Å²) in [5.74, 6) is -1.39. The van der Waals surface area contributed by atoms with Gasteiger partial charge in [-0.3, -0.25) is 4.79 Å².